The van der Waals surface area contributed by atoms with Crippen LogP contribution in [0.15, 0.2) is 17.1 Å². The first-order valence-electron chi connectivity index (χ1n) is 6.07. The van der Waals surface area contributed by atoms with Crippen LogP contribution in [0.25, 0.3) is 0 Å². The van der Waals surface area contributed by atoms with E-state index in [2.05, 4.69) is 31.0 Å². The SMILES string of the molecule is CCOc1cc(C)c(N=CN(C)CC)cc1C. The number of rotatable bonds is 5. The van der Waals surface area contributed by atoms with Gasteiger partial charge < -0.3 is 9.64 Å². The molecule has 0 fully saturated rings. The molecule has 0 N–H and O–H groups in total. The van der Waals surface area contributed by atoms with Gasteiger partial charge >= 0.3 is 0 Å². The van der Waals surface area contributed by atoms with E-state index in [0.717, 1.165) is 29.1 Å². The van der Waals surface area contributed by atoms with Crippen molar-refractivity contribution in [3.63, 3.8) is 0 Å². The normalized spacial score (nSPS) is 10.9. The fourth-order valence-electron chi connectivity index (χ4n) is 1.47. The Kier molecular flexibility index (Phi) is 5.01. The fourth-order valence-corrected chi connectivity index (χ4v) is 1.47. The van der Waals surface area contributed by atoms with Gasteiger partial charge in [0.2, 0.25) is 0 Å². The maximum absolute atomic E-state index is 5.56. The highest BCUT2D eigenvalue weighted by Gasteiger charge is 2.04. The molecular weight excluding hydrogens is 212 g/mol. The lowest BCUT2D eigenvalue weighted by Crippen LogP contribution is -2.14. The number of aliphatic imine (C=N–C) groups is 1. The Morgan fingerprint density at radius 2 is 1.94 bits per heavy atom. The highest BCUT2D eigenvalue weighted by Crippen LogP contribution is 2.27. The van der Waals surface area contributed by atoms with Gasteiger partial charge in [-0.3, -0.25) is 0 Å². The number of hydrogen-bond acceptors (Lipinski definition) is 2. The Morgan fingerprint density at radius 1 is 1.24 bits per heavy atom. The van der Waals surface area contributed by atoms with Gasteiger partial charge in [0.15, 0.2) is 0 Å². The van der Waals surface area contributed by atoms with E-state index < -0.39 is 0 Å². The van der Waals surface area contributed by atoms with Crippen LogP contribution in [0, 0.1) is 13.8 Å². The maximum atomic E-state index is 5.56. The van der Waals surface area contributed by atoms with Gasteiger partial charge in [0, 0.05) is 13.6 Å². The predicted molar refractivity (Wildman–Crippen MR) is 73.5 cm³/mol. The average molecular weight is 234 g/mol. The van der Waals surface area contributed by atoms with Crippen molar-refractivity contribution >= 4 is 12.0 Å². The average Bonchev–Trinajstić information content (AvgIpc) is 2.31. The van der Waals surface area contributed by atoms with Crippen molar-refractivity contribution in [1.29, 1.82) is 0 Å². The second-order valence-corrected chi connectivity index (χ2v) is 4.16. The first-order valence-corrected chi connectivity index (χ1v) is 6.07. The number of aryl methyl sites for hydroxylation is 2. The summed E-state index contributed by atoms with van der Waals surface area (Å²) < 4.78 is 5.56. The number of nitrogens with zero attached hydrogens (tertiary/aromatic N) is 2. The molecule has 0 bridgehead atoms. The van der Waals surface area contributed by atoms with Gasteiger partial charge in [0.25, 0.3) is 0 Å². The van der Waals surface area contributed by atoms with Gasteiger partial charge in [-0.2, -0.15) is 0 Å². The van der Waals surface area contributed by atoms with E-state index in [0.29, 0.717) is 6.61 Å². The van der Waals surface area contributed by atoms with Gasteiger partial charge in [0.05, 0.1) is 18.6 Å². The minimum Gasteiger partial charge on any atom is -0.494 e. The van der Waals surface area contributed by atoms with Gasteiger partial charge in [-0.1, -0.05) is 0 Å². The first kappa shape index (κ1) is 13.6. The Labute approximate surface area is 104 Å². The van der Waals surface area contributed by atoms with Crippen LogP contribution in [0.4, 0.5) is 5.69 Å². The molecule has 0 amide bonds. The van der Waals surface area contributed by atoms with Crippen LogP contribution in [0.2, 0.25) is 0 Å². The standard InChI is InChI=1S/C14H22N2O/c1-6-16(5)10-15-13-8-12(4)14(17-7-2)9-11(13)3/h8-10H,6-7H2,1-5H3. The first-order chi connectivity index (χ1) is 8.08. The zero-order valence-corrected chi connectivity index (χ0v) is 11.4. The molecule has 0 radical (unpaired) electrons. The number of hydrogen-bond donors (Lipinski definition) is 0. The van der Waals surface area contributed by atoms with Gasteiger partial charge in [-0.15, -0.1) is 0 Å². The Hall–Kier alpha value is -1.51. The summed E-state index contributed by atoms with van der Waals surface area (Å²) in [4.78, 5) is 6.53. The Bertz CT molecular complexity index is 399. The third-order valence-corrected chi connectivity index (χ3v) is 2.69. The molecule has 0 aliphatic rings. The molecule has 94 valence electrons. The van der Waals surface area contributed by atoms with Crippen LogP contribution >= 0.6 is 0 Å². The highest BCUT2D eigenvalue weighted by molar-refractivity contribution is 5.64. The van der Waals surface area contributed by atoms with E-state index in [1.807, 2.05) is 32.1 Å². The van der Waals surface area contributed by atoms with Crippen molar-refractivity contribution in [3.8, 4) is 5.75 Å². The largest absolute Gasteiger partial charge is 0.494 e. The minimum absolute atomic E-state index is 0.696. The van der Waals surface area contributed by atoms with Crippen LogP contribution in [0.3, 0.4) is 0 Å². The molecule has 0 spiro atoms. The summed E-state index contributed by atoms with van der Waals surface area (Å²) in [6, 6.07) is 4.12. The molecule has 3 nitrogen and oxygen atoms in total. The molecule has 0 aliphatic heterocycles. The van der Waals surface area contributed by atoms with Crippen molar-refractivity contribution < 1.29 is 4.74 Å². The molecule has 3 heteroatoms. The number of ether oxygens (including phenoxy) is 1. The molecule has 0 atom stereocenters. The molecule has 17 heavy (non-hydrogen) atoms. The van der Waals surface area contributed by atoms with Crippen LogP contribution in [-0.2, 0) is 0 Å². The molecular formula is C14H22N2O. The van der Waals surface area contributed by atoms with E-state index >= 15 is 0 Å². The minimum atomic E-state index is 0.696. The predicted octanol–water partition coefficient (Wildman–Crippen LogP) is 3.31. The molecule has 1 aromatic rings. The summed E-state index contributed by atoms with van der Waals surface area (Å²) in [6.07, 6.45) is 1.86. The second kappa shape index (κ2) is 6.28. The van der Waals surface area contributed by atoms with Crippen LogP contribution in [-0.4, -0.2) is 31.4 Å². The molecule has 1 rings (SSSR count). The smallest absolute Gasteiger partial charge is 0.122 e. The van der Waals surface area contributed by atoms with Crippen LogP contribution in [0.1, 0.15) is 25.0 Å². The number of benzene rings is 1. The van der Waals surface area contributed by atoms with Gasteiger partial charge in [0.1, 0.15) is 5.75 Å². The monoisotopic (exact) mass is 234 g/mol. The highest BCUT2D eigenvalue weighted by atomic mass is 16.5. The fraction of sp³-hybridized carbons (Fsp3) is 0.500. The summed E-state index contributed by atoms with van der Waals surface area (Å²) in [5.41, 5.74) is 3.27. The molecule has 1 aromatic carbocycles. The Morgan fingerprint density at radius 3 is 2.53 bits per heavy atom. The van der Waals surface area contributed by atoms with Crippen molar-refractivity contribution in [1.82, 2.24) is 4.90 Å². The summed E-state index contributed by atoms with van der Waals surface area (Å²) in [6.45, 7) is 9.85. The third-order valence-electron chi connectivity index (χ3n) is 2.69. The topological polar surface area (TPSA) is 24.8 Å². The zero-order chi connectivity index (χ0) is 12.8. The molecule has 0 aliphatic carbocycles. The lowest BCUT2D eigenvalue weighted by Gasteiger charge is -2.11. The quantitative estimate of drug-likeness (QED) is 0.576. The lowest BCUT2D eigenvalue weighted by atomic mass is 10.1. The second-order valence-electron chi connectivity index (χ2n) is 4.16. The van der Waals surface area contributed by atoms with E-state index in [4.69, 9.17) is 4.74 Å². The van der Waals surface area contributed by atoms with Crippen LogP contribution < -0.4 is 4.74 Å². The van der Waals surface area contributed by atoms with Crippen LogP contribution in [0.5, 0.6) is 5.75 Å². The van der Waals surface area contributed by atoms with Gasteiger partial charge in [-0.05, 0) is 51.0 Å². The molecule has 0 heterocycles. The van der Waals surface area contributed by atoms with Crippen molar-refractivity contribution in [2.45, 2.75) is 27.7 Å². The van der Waals surface area contributed by atoms with E-state index in [9.17, 15) is 0 Å². The Balaban J connectivity index is 2.95. The van der Waals surface area contributed by atoms with Crippen molar-refractivity contribution in [2.24, 2.45) is 4.99 Å². The summed E-state index contributed by atoms with van der Waals surface area (Å²) >= 11 is 0. The summed E-state index contributed by atoms with van der Waals surface area (Å²) in [7, 11) is 2.01. The maximum Gasteiger partial charge on any atom is 0.122 e. The molecule has 0 aromatic heterocycles. The summed E-state index contributed by atoms with van der Waals surface area (Å²) in [5.74, 6) is 0.952. The zero-order valence-electron chi connectivity index (χ0n) is 11.4. The summed E-state index contributed by atoms with van der Waals surface area (Å²) in [5, 5.41) is 0. The lowest BCUT2D eigenvalue weighted by molar-refractivity contribution is 0.337. The van der Waals surface area contributed by atoms with E-state index in [1.54, 1.807) is 0 Å². The molecule has 0 unspecified atom stereocenters. The van der Waals surface area contributed by atoms with Gasteiger partial charge in [-0.25, -0.2) is 4.99 Å². The van der Waals surface area contributed by atoms with Crippen molar-refractivity contribution in [3.05, 3.63) is 23.3 Å². The van der Waals surface area contributed by atoms with Crippen molar-refractivity contribution in [2.75, 3.05) is 20.2 Å². The molecule has 0 saturated carbocycles. The third kappa shape index (κ3) is 3.77. The van der Waals surface area contributed by atoms with E-state index in [-0.39, 0.29) is 0 Å². The van der Waals surface area contributed by atoms with E-state index in [1.165, 1.54) is 0 Å². The molecule has 0 saturated heterocycles.